The summed E-state index contributed by atoms with van der Waals surface area (Å²) in [6.07, 6.45) is 4.05. The van der Waals surface area contributed by atoms with Crippen LogP contribution >= 0.6 is 0 Å². The highest BCUT2D eigenvalue weighted by molar-refractivity contribution is 5.96. The van der Waals surface area contributed by atoms with Crippen LogP contribution in [-0.2, 0) is 0 Å². The maximum atomic E-state index is 12.5. The van der Waals surface area contributed by atoms with Crippen LogP contribution in [-0.4, -0.2) is 42.6 Å². The standard InChI is InChI=1S/C25H28N6O/c1-31(2)23-21-9-5-6-10-22(21)29-25(30-23)28-19-13-11-17(12-14-19)16-27-24(32)20-8-4-3-7-18(20)15-26/h3-10,17,19H,11-14,16H2,1-2H3,(H,27,32)(H,28,29,30). The molecule has 1 heterocycles. The summed E-state index contributed by atoms with van der Waals surface area (Å²) in [6, 6.07) is 17.4. The van der Waals surface area contributed by atoms with Crippen molar-refractivity contribution in [3.63, 3.8) is 0 Å². The Kier molecular flexibility index (Phi) is 6.50. The average Bonchev–Trinajstić information content (AvgIpc) is 2.82. The average molecular weight is 429 g/mol. The summed E-state index contributed by atoms with van der Waals surface area (Å²) in [5.41, 5.74) is 1.78. The quantitative estimate of drug-likeness (QED) is 0.617. The van der Waals surface area contributed by atoms with Gasteiger partial charge in [-0.05, 0) is 55.9 Å². The van der Waals surface area contributed by atoms with Crippen molar-refractivity contribution in [2.45, 2.75) is 31.7 Å². The zero-order chi connectivity index (χ0) is 22.5. The topological polar surface area (TPSA) is 93.9 Å². The lowest BCUT2D eigenvalue weighted by Gasteiger charge is -2.29. The molecule has 2 aromatic carbocycles. The first-order valence-corrected chi connectivity index (χ1v) is 11.0. The zero-order valence-corrected chi connectivity index (χ0v) is 18.5. The number of aromatic nitrogens is 2. The second-order valence-electron chi connectivity index (χ2n) is 8.51. The van der Waals surface area contributed by atoms with Gasteiger partial charge in [-0.2, -0.15) is 10.2 Å². The third kappa shape index (κ3) is 4.80. The Hall–Kier alpha value is -3.66. The van der Waals surface area contributed by atoms with Crippen molar-refractivity contribution in [3.8, 4) is 6.07 Å². The molecule has 0 radical (unpaired) electrons. The fourth-order valence-corrected chi connectivity index (χ4v) is 4.27. The predicted molar refractivity (Wildman–Crippen MR) is 127 cm³/mol. The Morgan fingerprint density at radius 3 is 2.53 bits per heavy atom. The first kappa shape index (κ1) is 21.6. The van der Waals surface area contributed by atoms with Crippen LogP contribution in [0.1, 0.15) is 41.6 Å². The molecule has 4 rings (SSSR count). The largest absolute Gasteiger partial charge is 0.362 e. The van der Waals surface area contributed by atoms with Crippen LogP contribution in [0.3, 0.4) is 0 Å². The van der Waals surface area contributed by atoms with E-state index in [1.165, 1.54) is 0 Å². The normalized spacial score (nSPS) is 18.0. The Bertz CT molecular complexity index is 1140. The Morgan fingerprint density at radius 2 is 1.78 bits per heavy atom. The van der Waals surface area contributed by atoms with Crippen LogP contribution in [0.2, 0.25) is 0 Å². The van der Waals surface area contributed by atoms with Gasteiger partial charge in [0.15, 0.2) is 0 Å². The summed E-state index contributed by atoms with van der Waals surface area (Å²) >= 11 is 0. The SMILES string of the molecule is CN(C)c1nc(NC2CCC(CNC(=O)c3ccccc3C#N)CC2)nc2ccccc12. The minimum Gasteiger partial charge on any atom is -0.362 e. The number of nitrogens with zero attached hydrogens (tertiary/aromatic N) is 4. The lowest BCUT2D eigenvalue weighted by atomic mass is 9.86. The summed E-state index contributed by atoms with van der Waals surface area (Å²) < 4.78 is 0. The third-order valence-electron chi connectivity index (χ3n) is 6.03. The molecule has 1 fully saturated rings. The van der Waals surface area contributed by atoms with Gasteiger partial charge >= 0.3 is 0 Å². The van der Waals surface area contributed by atoms with Crippen molar-refractivity contribution in [3.05, 3.63) is 59.7 Å². The number of carbonyl (C=O) groups excluding carboxylic acids is 1. The molecule has 0 unspecified atom stereocenters. The number of fused-ring (bicyclic) bond motifs is 1. The first-order valence-electron chi connectivity index (χ1n) is 11.0. The summed E-state index contributed by atoms with van der Waals surface area (Å²) in [7, 11) is 3.99. The summed E-state index contributed by atoms with van der Waals surface area (Å²) in [4.78, 5) is 23.9. The molecule has 1 aliphatic rings. The van der Waals surface area contributed by atoms with Gasteiger partial charge in [-0.3, -0.25) is 4.79 Å². The van der Waals surface area contributed by atoms with E-state index < -0.39 is 0 Å². The van der Waals surface area contributed by atoms with E-state index in [0.29, 0.717) is 35.6 Å². The van der Waals surface area contributed by atoms with Crippen molar-refractivity contribution < 1.29 is 4.79 Å². The maximum Gasteiger partial charge on any atom is 0.252 e. The van der Waals surface area contributed by atoms with Gasteiger partial charge in [0.2, 0.25) is 5.95 Å². The summed E-state index contributed by atoms with van der Waals surface area (Å²) in [6.45, 7) is 0.628. The highest BCUT2D eigenvalue weighted by Gasteiger charge is 2.23. The molecule has 7 heteroatoms. The molecule has 0 spiro atoms. The molecule has 7 nitrogen and oxygen atoms in total. The second-order valence-corrected chi connectivity index (χ2v) is 8.51. The minimum absolute atomic E-state index is 0.178. The summed E-state index contributed by atoms with van der Waals surface area (Å²) in [5, 5.41) is 16.8. The molecule has 1 aromatic heterocycles. The van der Waals surface area contributed by atoms with E-state index in [1.54, 1.807) is 24.3 Å². The van der Waals surface area contributed by atoms with E-state index in [-0.39, 0.29) is 5.91 Å². The number of nitrogens with one attached hydrogen (secondary N) is 2. The predicted octanol–water partition coefficient (Wildman–Crippen LogP) is 3.97. The van der Waals surface area contributed by atoms with Gasteiger partial charge in [0.25, 0.3) is 5.91 Å². The van der Waals surface area contributed by atoms with Gasteiger partial charge in [-0.15, -0.1) is 0 Å². The van der Waals surface area contributed by atoms with Crippen LogP contribution in [0.4, 0.5) is 11.8 Å². The van der Waals surface area contributed by atoms with Crippen molar-refractivity contribution in [2.24, 2.45) is 5.92 Å². The molecule has 1 saturated carbocycles. The monoisotopic (exact) mass is 428 g/mol. The molecule has 1 amide bonds. The van der Waals surface area contributed by atoms with Gasteiger partial charge in [-0.25, -0.2) is 4.98 Å². The molecular formula is C25H28N6O. The molecular weight excluding hydrogens is 400 g/mol. The number of para-hydroxylation sites is 1. The number of hydrogen-bond donors (Lipinski definition) is 2. The van der Waals surface area contributed by atoms with E-state index in [9.17, 15) is 10.1 Å². The van der Waals surface area contributed by atoms with Crippen molar-refractivity contribution >= 4 is 28.6 Å². The van der Waals surface area contributed by atoms with Crippen molar-refractivity contribution in [1.29, 1.82) is 5.26 Å². The first-order chi connectivity index (χ1) is 15.5. The molecule has 2 N–H and O–H groups in total. The number of amides is 1. The third-order valence-corrected chi connectivity index (χ3v) is 6.03. The van der Waals surface area contributed by atoms with Crippen molar-refractivity contribution in [2.75, 3.05) is 30.9 Å². The second kappa shape index (κ2) is 9.65. The van der Waals surface area contributed by atoms with Crippen LogP contribution in [0.5, 0.6) is 0 Å². The Morgan fingerprint density at radius 1 is 1.06 bits per heavy atom. The van der Waals surface area contributed by atoms with E-state index in [0.717, 1.165) is 42.4 Å². The highest BCUT2D eigenvalue weighted by atomic mass is 16.1. The molecule has 0 aliphatic heterocycles. The van der Waals surface area contributed by atoms with Crippen LogP contribution in [0, 0.1) is 17.2 Å². The number of carbonyl (C=O) groups is 1. The molecule has 3 aromatic rings. The Labute approximate surface area is 188 Å². The van der Waals surface area contributed by atoms with Gasteiger partial charge in [0.05, 0.1) is 22.7 Å². The van der Waals surface area contributed by atoms with Crippen LogP contribution < -0.4 is 15.5 Å². The zero-order valence-electron chi connectivity index (χ0n) is 18.5. The molecule has 0 atom stereocenters. The number of benzene rings is 2. The number of hydrogen-bond acceptors (Lipinski definition) is 6. The smallest absolute Gasteiger partial charge is 0.252 e. The van der Waals surface area contributed by atoms with Gasteiger partial charge in [-0.1, -0.05) is 24.3 Å². The lowest BCUT2D eigenvalue weighted by Crippen LogP contribution is -2.34. The van der Waals surface area contributed by atoms with Crippen LogP contribution in [0.15, 0.2) is 48.5 Å². The maximum absolute atomic E-state index is 12.5. The van der Waals surface area contributed by atoms with Gasteiger partial charge in [0, 0.05) is 32.1 Å². The van der Waals surface area contributed by atoms with Crippen molar-refractivity contribution in [1.82, 2.24) is 15.3 Å². The molecule has 164 valence electrons. The number of nitriles is 1. The molecule has 32 heavy (non-hydrogen) atoms. The fourth-order valence-electron chi connectivity index (χ4n) is 4.27. The van der Waals surface area contributed by atoms with E-state index in [2.05, 4.69) is 16.7 Å². The Balaban J connectivity index is 1.33. The fraction of sp³-hybridized carbons (Fsp3) is 0.360. The minimum atomic E-state index is -0.178. The molecule has 0 saturated heterocycles. The van der Waals surface area contributed by atoms with E-state index in [1.807, 2.05) is 43.3 Å². The van der Waals surface area contributed by atoms with Crippen LogP contribution in [0.25, 0.3) is 10.9 Å². The van der Waals surface area contributed by atoms with Gasteiger partial charge in [0.1, 0.15) is 5.82 Å². The lowest BCUT2D eigenvalue weighted by molar-refractivity contribution is 0.0943. The van der Waals surface area contributed by atoms with E-state index in [4.69, 9.17) is 9.97 Å². The highest BCUT2D eigenvalue weighted by Crippen LogP contribution is 2.28. The number of anilines is 2. The molecule has 1 aliphatic carbocycles. The van der Waals surface area contributed by atoms with Gasteiger partial charge < -0.3 is 15.5 Å². The summed E-state index contributed by atoms with van der Waals surface area (Å²) in [5.74, 6) is 1.83. The number of rotatable bonds is 6. The van der Waals surface area contributed by atoms with E-state index >= 15 is 0 Å². The molecule has 0 bridgehead atoms.